The van der Waals surface area contributed by atoms with E-state index >= 15 is 0 Å². The summed E-state index contributed by atoms with van der Waals surface area (Å²) >= 11 is 1.34. The Kier molecular flexibility index (Phi) is 6.57. The second-order valence-corrected chi connectivity index (χ2v) is 8.17. The molecule has 0 bridgehead atoms. The Morgan fingerprint density at radius 3 is 2.90 bits per heavy atom. The number of carbonyl (C=O) groups excluding carboxylic acids is 1. The summed E-state index contributed by atoms with van der Waals surface area (Å²) in [5.41, 5.74) is 2.64. The monoisotopic (exact) mass is 438 g/mol. The molecule has 0 atom stereocenters. The molecule has 3 aromatic rings. The predicted molar refractivity (Wildman–Crippen MR) is 119 cm³/mol. The second kappa shape index (κ2) is 9.70. The summed E-state index contributed by atoms with van der Waals surface area (Å²) < 4.78 is 20.3. The number of hydrogen-bond donors (Lipinski definition) is 1. The highest BCUT2D eigenvalue weighted by Crippen LogP contribution is 2.26. The first-order valence-corrected chi connectivity index (χ1v) is 10.9. The van der Waals surface area contributed by atoms with Crippen molar-refractivity contribution >= 4 is 17.2 Å². The quantitative estimate of drug-likeness (QED) is 0.561. The number of ether oxygens (including phenoxy) is 1. The number of hydrogen-bond acceptors (Lipinski definition) is 5. The molecule has 1 amide bonds. The van der Waals surface area contributed by atoms with Crippen LogP contribution in [0.5, 0.6) is 5.75 Å². The van der Waals surface area contributed by atoms with Crippen LogP contribution in [0.15, 0.2) is 60.3 Å². The fourth-order valence-electron chi connectivity index (χ4n) is 3.18. The molecular formula is C23H23FN4O2S. The number of aromatic nitrogens is 3. The first-order chi connectivity index (χ1) is 15.1. The van der Waals surface area contributed by atoms with E-state index in [1.54, 1.807) is 16.8 Å². The van der Waals surface area contributed by atoms with Crippen LogP contribution in [0.25, 0.3) is 10.7 Å². The van der Waals surface area contributed by atoms with Gasteiger partial charge in [-0.2, -0.15) is 5.10 Å². The molecule has 0 saturated carbocycles. The molecule has 1 aliphatic carbocycles. The molecule has 0 saturated heterocycles. The minimum atomic E-state index is -0.293. The number of carbonyl (C=O) groups is 1. The SMILES string of the molecule is Cc1nc(-c2ccn(CCOc3ccc(F)cc3)n2)sc1C(=O)NCC1=CC=CCC1. The van der Waals surface area contributed by atoms with Crippen LogP contribution < -0.4 is 10.1 Å². The minimum absolute atomic E-state index is 0.108. The van der Waals surface area contributed by atoms with Crippen molar-refractivity contribution in [2.24, 2.45) is 0 Å². The van der Waals surface area contributed by atoms with Gasteiger partial charge in [-0.3, -0.25) is 9.48 Å². The van der Waals surface area contributed by atoms with Crippen molar-refractivity contribution in [3.63, 3.8) is 0 Å². The van der Waals surface area contributed by atoms with Gasteiger partial charge in [0.1, 0.15) is 33.8 Å². The topological polar surface area (TPSA) is 69.0 Å². The Morgan fingerprint density at radius 2 is 2.13 bits per heavy atom. The Bertz CT molecular complexity index is 1120. The summed E-state index contributed by atoms with van der Waals surface area (Å²) in [6, 6.07) is 7.79. The van der Waals surface area contributed by atoms with Crippen molar-refractivity contribution < 1.29 is 13.9 Å². The van der Waals surface area contributed by atoms with Gasteiger partial charge in [-0.1, -0.05) is 23.8 Å². The largest absolute Gasteiger partial charge is 0.492 e. The standard InChI is InChI=1S/C23H23FN4O2S/c1-16-21(22(29)25-15-17-5-3-2-4-6-17)31-23(26-16)20-11-12-28(27-20)13-14-30-19-9-7-18(24)8-10-19/h2-3,5,7-12H,4,6,13-15H2,1H3,(H,25,29). The fourth-order valence-corrected chi connectivity index (χ4v) is 4.13. The third kappa shape index (κ3) is 5.46. The number of thiazole rings is 1. The van der Waals surface area contributed by atoms with Gasteiger partial charge in [0, 0.05) is 12.7 Å². The van der Waals surface area contributed by atoms with E-state index in [0.29, 0.717) is 46.7 Å². The van der Waals surface area contributed by atoms with E-state index in [4.69, 9.17) is 4.74 Å². The maximum atomic E-state index is 12.9. The van der Waals surface area contributed by atoms with Crippen molar-refractivity contribution in [3.8, 4) is 16.5 Å². The Labute approximate surface area is 184 Å². The maximum Gasteiger partial charge on any atom is 0.263 e. The molecular weight excluding hydrogens is 415 g/mol. The van der Waals surface area contributed by atoms with Gasteiger partial charge < -0.3 is 10.1 Å². The van der Waals surface area contributed by atoms with Crippen LogP contribution in [0.1, 0.15) is 28.2 Å². The lowest BCUT2D eigenvalue weighted by molar-refractivity contribution is 0.0960. The third-order valence-electron chi connectivity index (χ3n) is 4.84. The van der Waals surface area contributed by atoms with Crippen LogP contribution in [0.3, 0.4) is 0 Å². The molecule has 2 heterocycles. The normalized spacial score (nSPS) is 13.2. The third-order valence-corrected chi connectivity index (χ3v) is 6.02. The summed E-state index contributed by atoms with van der Waals surface area (Å²) in [4.78, 5) is 17.7. The summed E-state index contributed by atoms with van der Waals surface area (Å²) in [7, 11) is 0. The summed E-state index contributed by atoms with van der Waals surface area (Å²) in [6.45, 7) is 3.34. The molecule has 31 heavy (non-hydrogen) atoms. The van der Waals surface area contributed by atoms with Gasteiger partial charge in [-0.25, -0.2) is 9.37 Å². The van der Waals surface area contributed by atoms with Crippen LogP contribution >= 0.6 is 11.3 Å². The van der Waals surface area contributed by atoms with Gasteiger partial charge in [-0.15, -0.1) is 11.3 Å². The van der Waals surface area contributed by atoms with E-state index in [0.717, 1.165) is 12.8 Å². The first kappa shape index (κ1) is 21.0. The highest BCUT2D eigenvalue weighted by molar-refractivity contribution is 7.17. The Morgan fingerprint density at radius 1 is 1.29 bits per heavy atom. The number of nitrogens with one attached hydrogen (secondary N) is 1. The van der Waals surface area contributed by atoms with Crippen molar-refractivity contribution in [2.45, 2.75) is 26.3 Å². The molecule has 8 heteroatoms. The van der Waals surface area contributed by atoms with Gasteiger partial charge in [0.05, 0.1) is 12.2 Å². The van der Waals surface area contributed by atoms with E-state index in [2.05, 4.69) is 27.6 Å². The molecule has 2 aromatic heterocycles. The maximum absolute atomic E-state index is 12.9. The van der Waals surface area contributed by atoms with Crippen LogP contribution in [-0.2, 0) is 6.54 Å². The zero-order chi connectivity index (χ0) is 21.6. The zero-order valence-electron chi connectivity index (χ0n) is 17.2. The first-order valence-electron chi connectivity index (χ1n) is 10.1. The van der Waals surface area contributed by atoms with Crippen molar-refractivity contribution in [3.05, 3.63) is 76.7 Å². The number of nitrogens with zero attached hydrogens (tertiary/aromatic N) is 3. The van der Waals surface area contributed by atoms with Crippen molar-refractivity contribution in [1.29, 1.82) is 0 Å². The van der Waals surface area contributed by atoms with Crippen LogP contribution in [-0.4, -0.2) is 33.8 Å². The fraction of sp³-hybridized carbons (Fsp3) is 0.261. The average Bonchev–Trinajstić information content (AvgIpc) is 3.41. The molecule has 0 fully saturated rings. The minimum Gasteiger partial charge on any atom is -0.492 e. The lowest BCUT2D eigenvalue weighted by Gasteiger charge is -2.09. The van der Waals surface area contributed by atoms with E-state index in [9.17, 15) is 9.18 Å². The summed E-state index contributed by atoms with van der Waals surface area (Å²) in [5.74, 6) is 0.211. The number of aryl methyl sites for hydroxylation is 1. The Balaban J connectivity index is 1.34. The number of halogens is 1. The molecule has 4 rings (SSSR count). The van der Waals surface area contributed by atoms with Crippen molar-refractivity contribution in [2.75, 3.05) is 13.2 Å². The number of amides is 1. The molecule has 160 valence electrons. The summed E-state index contributed by atoms with van der Waals surface area (Å²) in [6.07, 6.45) is 10.1. The average molecular weight is 439 g/mol. The van der Waals surface area contributed by atoms with Gasteiger partial charge in [-0.05, 0) is 50.1 Å². The van der Waals surface area contributed by atoms with E-state index in [1.165, 1.54) is 29.0 Å². The predicted octanol–water partition coefficient (Wildman–Crippen LogP) is 4.54. The highest BCUT2D eigenvalue weighted by Gasteiger charge is 2.17. The zero-order valence-corrected chi connectivity index (χ0v) is 18.0. The van der Waals surface area contributed by atoms with E-state index in [-0.39, 0.29) is 11.7 Å². The number of benzene rings is 1. The Hall–Kier alpha value is -3.26. The molecule has 1 aromatic carbocycles. The lowest BCUT2D eigenvalue weighted by atomic mass is 10.1. The summed E-state index contributed by atoms with van der Waals surface area (Å²) in [5, 5.41) is 8.23. The van der Waals surface area contributed by atoms with Crippen LogP contribution in [0.2, 0.25) is 0 Å². The second-order valence-electron chi connectivity index (χ2n) is 7.17. The molecule has 0 spiro atoms. The molecule has 6 nitrogen and oxygen atoms in total. The van der Waals surface area contributed by atoms with Gasteiger partial charge in [0.25, 0.3) is 5.91 Å². The van der Waals surface area contributed by atoms with E-state index in [1.807, 2.05) is 25.3 Å². The molecule has 1 N–H and O–H groups in total. The number of rotatable bonds is 8. The van der Waals surface area contributed by atoms with Gasteiger partial charge in [0.15, 0.2) is 0 Å². The van der Waals surface area contributed by atoms with E-state index < -0.39 is 0 Å². The molecule has 0 radical (unpaired) electrons. The van der Waals surface area contributed by atoms with Crippen LogP contribution in [0.4, 0.5) is 4.39 Å². The molecule has 0 unspecified atom stereocenters. The molecule has 0 aliphatic heterocycles. The molecule has 1 aliphatic rings. The lowest BCUT2D eigenvalue weighted by Crippen LogP contribution is -2.25. The van der Waals surface area contributed by atoms with Crippen LogP contribution in [0, 0.1) is 12.7 Å². The number of allylic oxidation sites excluding steroid dienone is 3. The van der Waals surface area contributed by atoms with Gasteiger partial charge >= 0.3 is 0 Å². The smallest absolute Gasteiger partial charge is 0.263 e. The van der Waals surface area contributed by atoms with Gasteiger partial charge in [0.2, 0.25) is 0 Å². The highest BCUT2D eigenvalue weighted by atomic mass is 32.1. The van der Waals surface area contributed by atoms with Crippen molar-refractivity contribution in [1.82, 2.24) is 20.1 Å².